The average molecular weight is 320 g/mol. The maximum absolute atomic E-state index is 12.4. The molecular weight excluding hydrogens is 300 g/mol. The Morgan fingerprint density at radius 1 is 1.14 bits per heavy atom. The van der Waals surface area contributed by atoms with Gasteiger partial charge in [0.25, 0.3) is 5.91 Å². The summed E-state index contributed by atoms with van der Waals surface area (Å²) in [5.74, 6) is -0.419. The van der Waals surface area contributed by atoms with Crippen molar-refractivity contribution >= 4 is 23.2 Å². The molecule has 2 heterocycles. The quantitative estimate of drug-likeness (QED) is 0.859. The first-order valence-corrected chi connectivity index (χ1v) is 8.05. The lowest BCUT2D eigenvalue weighted by atomic mass is 10.0. The van der Waals surface area contributed by atoms with Crippen molar-refractivity contribution < 1.29 is 14.0 Å². The van der Waals surface area contributed by atoms with Gasteiger partial charge in [0.15, 0.2) is 5.76 Å². The van der Waals surface area contributed by atoms with E-state index in [1.165, 1.54) is 6.26 Å². The highest BCUT2D eigenvalue weighted by atomic mass is 32.1. The Hall–Kier alpha value is -2.08. The van der Waals surface area contributed by atoms with Crippen molar-refractivity contribution in [2.75, 3.05) is 0 Å². The van der Waals surface area contributed by atoms with Gasteiger partial charge in [-0.05, 0) is 36.4 Å². The monoisotopic (exact) mass is 320 g/mol. The second-order valence-electron chi connectivity index (χ2n) is 5.42. The van der Waals surface area contributed by atoms with Crippen LogP contribution in [-0.4, -0.2) is 17.9 Å². The Balaban J connectivity index is 2.01. The van der Waals surface area contributed by atoms with Gasteiger partial charge >= 0.3 is 0 Å². The Labute approximate surface area is 133 Å². The second-order valence-corrected chi connectivity index (χ2v) is 6.40. The third kappa shape index (κ3) is 3.98. The number of rotatable bonds is 6. The molecule has 2 amide bonds. The van der Waals surface area contributed by atoms with Gasteiger partial charge in [0, 0.05) is 4.88 Å². The highest BCUT2D eigenvalue weighted by molar-refractivity contribution is 7.10. The lowest BCUT2D eigenvalue weighted by molar-refractivity contribution is -0.124. The molecule has 2 aromatic heterocycles. The highest BCUT2D eigenvalue weighted by Crippen LogP contribution is 2.18. The van der Waals surface area contributed by atoms with Crippen LogP contribution in [-0.2, 0) is 4.79 Å². The van der Waals surface area contributed by atoms with Crippen LogP contribution < -0.4 is 10.6 Å². The maximum Gasteiger partial charge on any atom is 0.287 e. The first-order chi connectivity index (χ1) is 10.5. The van der Waals surface area contributed by atoms with Crippen LogP contribution in [0.2, 0.25) is 0 Å². The number of carbonyl (C=O) groups excluding carboxylic acids is 2. The Bertz CT molecular complexity index is 605. The van der Waals surface area contributed by atoms with E-state index >= 15 is 0 Å². The molecule has 2 N–H and O–H groups in total. The number of carbonyl (C=O) groups is 2. The van der Waals surface area contributed by atoms with E-state index in [1.807, 2.05) is 38.3 Å². The van der Waals surface area contributed by atoms with Crippen LogP contribution in [0.4, 0.5) is 0 Å². The number of hydrogen-bond donors (Lipinski definition) is 2. The topological polar surface area (TPSA) is 71.3 Å². The number of thiophene rings is 1. The number of nitrogens with one attached hydrogen (secondary N) is 2. The summed E-state index contributed by atoms with van der Waals surface area (Å²) in [6.07, 6.45) is 1.43. The van der Waals surface area contributed by atoms with Crippen molar-refractivity contribution in [1.82, 2.24) is 10.6 Å². The number of hydrogen-bond acceptors (Lipinski definition) is 4. The molecule has 2 rings (SSSR count). The molecule has 5 nitrogen and oxygen atoms in total. The van der Waals surface area contributed by atoms with Gasteiger partial charge in [0.1, 0.15) is 6.04 Å². The Kier molecular flexibility index (Phi) is 5.38. The van der Waals surface area contributed by atoms with Crippen molar-refractivity contribution in [1.29, 1.82) is 0 Å². The third-order valence-electron chi connectivity index (χ3n) is 3.31. The van der Waals surface area contributed by atoms with Gasteiger partial charge in [-0.3, -0.25) is 9.59 Å². The molecule has 6 heteroatoms. The molecule has 2 atom stereocenters. The average Bonchev–Trinajstić information content (AvgIpc) is 3.15. The first-order valence-electron chi connectivity index (χ1n) is 7.17. The molecule has 0 spiro atoms. The minimum atomic E-state index is -0.611. The van der Waals surface area contributed by atoms with Gasteiger partial charge in [-0.2, -0.15) is 0 Å². The minimum absolute atomic E-state index is 0.0329. The highest BCUT2D eigenvalue weighted by Gasteiger charge is 2.26. The van der Waals surface area contributed by atoms with Crippen LogP contribution in [0.5, 0.6) is 0 Å². The summed E-state index contributed by atoms with van der Waals surface area (Å²) in [4.78, 5) is 25.6. The van der Waals surface area contributed by atoms with Crippen molar-refractivity contribution in [3.63, 3.8) is 0 Å². The van der Waals surface area contributed by atoms with E-state index in [0.717, 1.165) is 4.88 Å². The van der Waals surface area contributed by atoms with E-state index in [2.05, 4.69) is 10.6 Å². The molecule has 0 radical (unpaired) electrons. The summed E-state index contributed by atoms with van der Waals surface area (Å²) >= 11 is 1.59. The van der Waals surface area contributed by atoms with E-state index < -0.39 is 6.04 Å². The van der Waals surface area contributed by atoms with Gasteiger partial charge < -0.3 is 15.1 Å². The van der Waals surface area contributed by atoms with Crippen molar-refractivity contribution in [3.05, 3.63) is 46.5 Å². The molecule has 0 aliphatic carbocycles. The van der Waals surface area contributed by atoms with Crippen LogP contribution >= 0.6 is 11.3 Å². The fourth-order valence-electron chi connectivity index (χ4n) is 2.07. The molecule has 0 unspecified atom stereocenters. The molecule has 0 aliphatic heterocycles. The molecule has 0 bridgehead atoms. The molecular formula is C16H20N2O3S. The predicted molar refractivity (Wildman–Crippen MR) is 85.7 cm³/mol. The molecule has 0 aromatic carbocycles. The molecule has 0 aliphatic rings. The first kappa shape index (κ1) is 16.3. The van der Waals surface area contributed by atoms with E-state index in [-0.39, 0.29) is 29.5 Å². The van der Waals surface area contributed by atoms with Crippen molar-refractivity contribution in [3.8, 4) is 0 Å². The zero-order valence-electron chi connectivity index (χ0n) is 12.8. The zero-order valence-corrected chi connectivity index (χ0v) is 13.6. The molecule has 0 saturated carbocycles. The SMILES string of the molecule is CC(C)[C@H](NC(=O)c1ccco1)C(=O)N[C@@H](C)c1cccs1. The van der Waals surface area contributed by atoms with Crippen LogP contribution in [0.15, 0.2) is 40.3 Å². The van der Waals surface area contributed by atoms with Gasteiger partial charge in [0.05, 0.1) is 12.3 Å². The molecule has 22 heavy (non-hydrogen) atoms. The second kappa shape index (κ2) is 7.26. The van der Waals surface area contributed by atoms with Gasteiger partial charge in [-0.1, -0.05) is 19.9 Å². The van der Waals surface area contributed by atoms with E-state index in [0.29, 0.717) is 0 Å². The largest absolute Gasteiger partial charge is 0.459 e. The van der Waals surface area contributed by atoms with Crippen LogP contribution in [0, 0.1) is 5.92 Å². The normalized spacial score (nSPS) is 13.6. The summed E-state index contributed by atoms with van der Waals surface area (Å²) in [7, 11) is 0. The summed E-state index contributed by atoms with van der Waals surface area (Å²) in [5, 5.41) is 7.64. The van der Waals surface area contributed by atoms with E-state index in [9.17, 15) is 9.59 Å². The summed E-state index contributed by atoms with van der Waals surface area (Å²) in [5.41, 5.74) is 0. The third-order valence-corrected chi connectivity index (χ3v) is 4.36. The van der Waals surface area contributed by atoms with Crippen molar-refractivity contribution in [2.45, 2.75) is 32.9 Å². The predicted octanol–water partition coefficient (Wildman–Crippen LogP) is 2.97. The summed E-state index contributed by atoms with van der Waals surface area (Å²) in [6.45, 7) is 5.71. The van der Waals surface area contributed by atoms with Gasteiger partial charge in [-0.15, -0.1) is 11.3 Å². The van der Waals surface area contributed by atoms with Crippen molar-refractivity contribution in [2.24, 2.45) is 5.92 Å². The maximum atomic E-state index is 12.4. The molecule has 0 fully saturated rings. The van der Waals surface area contributed by atoms with Crippen LogP contribution in [0.1, 0.15) is 42.2 Å². The fourth-order valence-corrected chi connectivity index (χ4v) is 2.80. The molecule has 118 valence electrons. The zero-order chi connectivity index (χ0) is 16.1. The van der Waals surface area contributed by atoms with Gasteiger partial charge in [0.2, 0.25) is 5.91 Å². The lowest BCUT2D eigenvalue weighted by Crippen LogP contribution is -2.50. The number of amides is 2. The molecule has 2 aromatic rings. The van der Waals surface area contributed by atoms with E-state index in [1.54, 1.807) is 23.5 Å². The summed E-state index contributed by atoms with van der Waals surface area (Å²) in [6, 6.07) is 6.43. The smallest absolute Gasteiger partial charge is 0.287 e. The standard InChI is InChI=1S/C16H20N2O3S/c1-10(2)14(18-15(19)12-6-4-8-21-12)16(20)17-11(3)13-7-5-9-22-13/h4-11,14H,1-3H3,(H,17,20)(H,18,19)/t11-,14-/m0/s1. The Morgan fingerprint density at radius 3 is 2.45 bits per heavy atom. The van der Waals surface area contributed by atoms with Crippen LogP contribution in [0.25, 0.3) is 0 Å². The Morgan fingerprint density at radius 2 is 1.91 bits per heavy atom. The minimum Gasteiger partial charge on any atom is -0.459 e. The van der Waals surface area contributed by atoms with Gasteiger partial charge in [-0.25, -0.2) is 0 Å². The van der Waals surface area contributed by atoms with Crippen LogP contribution in [0.3, 0.4) is 0 Å². The fraction of sp³-hybridized carbons (Fsp3) is 0.375. The number of furan rings is 1. The van der Waals surface area contributed by atoms with E-state index in [4.69, 9.17) is 4.42 Å². The summed E-state index contributed by atoms with van der Waals surface area (Å²) < 4.78 is 5.05. The molecule has 0 saturated heterocycles. The lowest BCUT2D eigenvalue weighted by Gasteiger charge is -2.23.